The van der Waals surface area contributed by atoms with Crippen molar-refractivity contribution in [1.82, 2.24) is 9.88 Å². The molecule has 0 spiro atoms. The molecule has 1 N–H and O–H groups in total. The zero-order valence-corrected chi connectivity index (χ0v) is 19.0. The molecule has 33 heavy (non-hydrogen) atoms. The average Bonchev–Trinajstić information content (AvgIpc) is 3.43. The van der Waals surface area contributed by atoms with Gasteiger partial charge in [-0.2, -0.15) is 13.2 Å². The van der Waals surface area contributed by atoms with E-state index in [1.54, 1.807) is 13.0 Å². The molecule has 0 unspecified atom stereocenters. The van der Waals surface area contributed by atoms with Crippen LogP contribution in [0.5, 0.6) is 0 Å². The number of likely N-dealkylation sites (N-methyl/N-ethyl adjacent to an activating group) is 1. The zero-order valence-electron chi connectivity index (χ0n) is 17.3. The third-order valence-corrected chi connectivity index (χ3v) is 7.11. The number of aromatic nitrogens is 1. The SMILES string of the molecule is CCN(CC(=O)Nc1ccccc1C(F)(F)F)C(=O)c1ccc(-c2nc3ccccc3s2)s1. The van der Waals surface area contributed by atoms with Crippen LogP contribution in [0.25, 0.3) is 20.1 Å². The first kappa shape index (κ1) is 22.9. The van der Waals surface area contributed by atoms with E-state index in [4.69, 9.17) is 0 Å². The fourth-order valence-corrected chi connectivity index (χ4v) is 5.23. The fraction of sp³-hybridized carbons (Fsp3) is 0.174. The number of para-hydroxylation sites is 2. The summed E-state index contributed by atoms with van der Waals surface area (Å²) in [6, 6.07) is 16.0. The van der Waals surface area contributed by atoms with E-state index in [0.29, 0.717) is 4.88 Å². The van der Waals surface area contributed by atoms with Gasteiger partial charge in [-0.05, 0) is 43.3 Å². The molecule has 0 bridgehead atoms. The number of nitrogens with one attached hydrogen (secondary N) is 1. The molecule has 170 valence electrons. The van der Waals surface area contributed by atoms with Gasteiger partial charge in [-0.15, -0.1) is 22.7 Å². The molecule has 0 aliphatic rings. The van der Waals surface area contributed by atoms with E-state index in [1.165, 1.54) is 45.8 Å². The van der Waals surface area contributed by atoms with Crippen LogP contribution in [-0.2, 0) is 11.0 Å². The molecule has 0 aliphatic heterocycles. The van der Waals surface area contributed by atoms with E-state index >= 15 is 0 Å². The average molecular weight is 490 g/mol. The van der Waals surface area contributed by atoms with Gasteiger partial charge in [0, 0.05) is 6.54 Å². The van der Waals surface area contributed by atoms with E-state index in [0.717, 1.165) is 26.2 Å². The van der Waals surface area contributed by atoms with Crippen LogP contribution in [-0.4, -0.2) is 34.8 Å². The lowest BCUT2D eigenvalue weighted by Gasteiger charge is -2.20. The van der Waals surface area contributed by atoms with Crippen LogP contribution >= 0.6 is 22.7 Å². The van der Waals surface area contributed by atoms with Crippen molar-refractivity contribution >= 4 is 50.4 Å². The third kappa shape index (κ3) is 5.07. The van der Waals surface area contributed by atoms with Crippen LogP contribution in [0.2, 0.25) is 0 Å². The molecule has 0 atom stereocenters. The fourth-order valence-electron chi connectivity index (χ4n) is 3.23. The van der Waals surface area contributed by atoms with Crippen LogP contribution in [0, 0.1) is 0 Å². The van der Waals surface area contributed by atoms with Gasteiger partial charge < -0.3 is 10.2 Å². The van der Waals surface area contributed by atoms with Gasteiger partial charge in [0.25, 0.3) is 5.91 Å². The number of fused-ring (bicyclic) bond motifs is 1. The molecule has 2 aromatic heterocycles. The molecule has 0 radical (unpaired) electrons. The highest BCUT2D eigenvalue weighted by Gasteiger charge is 2.33. The van der Waals surface area contributed by atoms with Gasteiger partial charge in [0.05, 0.1) is 31.2 Å². The predicted molar refractivity (Wildman–Crippen MR) is 125 cm³/mol. The standard InChI is InChI=1S/C23H18F3N3O2S2/c1-2-29(13-20(30)27-15-8-4-3-7-14(15)23(24,25)26)22(31)19-12-11-18(32-19)21-28-16-9-5-6-10-17(16)33-21/h3-12H,2,13H2,1H3,(H,27,30). The molecule has 2 aromatic carbocycles. The monoisotopic (exact) mass is 489 g/mol. The highest BCUT2D eigenvalue weighted by atomic mass is 32.1. The Kier molecular flexibility index (Phi) is 6.48. The molecular formula is C23H18F3N3O2S2. The van der Waals surface area contributed by atoms with E-state index in [2.05, 4.69) is 10.3 Å². The largest absolute Gasteiger partial charge is 0.418 e. The molecule has 2 amide bonds. The first-order valence-electron chi connectivity index (χ1n) is 9.97. The highest BCUT2D eigenvalue weighted by Crippen LogP contribution is 2.36. The molecule has 4 rings (SSSR count). The summed E-state index contributed by atoms with van der Waals surface area (Å²) in [5, 5.41) is 3.07. The Morgan fingerprint density at radius 2 is 1.73 bits per heavy atom. The molecule has 0 saturated heterocycles. The third-order valence-electron chi connectivity index (χ3n) is 4.83. The summed E-state index contributed by atoms with van der Waals surface area (Å²) in [6.07, 6.45) is -4.60. The summed E-state index contributed by atoms with van der Waals surface area (Å²) in [7, 11) is 0. The Labute approximate surface area is 195 Å². The van der Waals surface area contributed by atoms with Crippen LogP contribution in [0.15, 0.2) is 60.7 Å². The number of carbonyl (C=O) groups is 2. The molecule has 4 aromatic rings. The maximum atomic E-state index is 13.2. The topological polar surface area (TPSA) is 62.3 Å². The Balaban J connectivity index is 1.47. The molecule has 0 aliphatic carbocycles. The van der Waals surface area contributed by atoms with Gasteiger partial charge in [0.15, 0.2) is 0 Å². The number of hydrogen-bond donors (Lipinski definition) is 1. The van der Waals surface area contributed by atoms with Crippen LogP contribution < -0.4 is 5.32 Å². The van der Waals surface area contributed by atoms with Crippen molar-refractivity contribution in [1.29, 1.82) is 0 Å². The minimum Gasteiger partial charge on any atom is -0.329 e. The second-order valence-electron chi connectivity index (χ2n) is 7.06. The molecule has 0 saturated carbocycles. The smallest absolute Gasteiger partial charge is 0.329 e. The van der Waals surface area contributed by atoms with Crippen molar-refractivity contribution in [3.63, 3.8) is 0 Å². The first-order valence-corrected chi connectivity index (χ1v) is 11.6. The summed E-state index contributed by atoms with van der Waals surface area (Å²) in [5.74, 6) is -1.07. The van der Waals surface area contributed by atoms with Crippen molar-refractivity contribution < 1.29 is 22.8 Å². The number of hydrogen-bond acceptors (Lipinski definition) is 5. The van der Waals surface area contributed by atoms with E-state index in [-0.39, 0.29) is 24.7 Å². The van der Waals surface area contributed by atoms with Crippen molar-refractivity contribution in [3.8, 4) is 9.88 Å². The van der Waals surface area contributed by atoms with E-state index in [9.17, 15) is 22.8 Å². The predicted octanol–water partition coefficient (Wildman–Crippen LogP) is 6.14. The number of thiophene rings is 1. The van der Waals surface area contributed by atoms with Gasteiger partial charge >= 0.3 is 6.18 Å². The zero-order chi connectivity index (χ0) is 23.6. The van der Waals surface area contributed by atoms with Crippen molar-refractivity contribution in [2.24, 2.45) is 0 Å². The van der Waals surface area contributed by atoms with Gasteiger partial charge in [0.2, 0.25) is 5.91 Å². The Hall–Kier alpha value is -3.24. The minimum atomic E-state index is -4.60. The molecule has 2 heterocycles. The number of thiazole rings is 1. The van der Waals surface area contributed by atoms with E-state index < -0.39 is 17.6 Å². The number of carbonyl (C=O) groups excluding carboxylic acids is 2. The lowest BCUT2D eigenvalue weighted by atomic mass is 10.1. The summed E-state index contributed by atoms with van der Waals surface area (Å²) < 4.78 is 40.5. The number of nitrogens with zero attached hydrogens (tertiary/aromatic N) is 2. The summed E-state index contributed by atoms with van der Waals surface area (Å²) in [4.78, 5) is 32.6. The normalized spacial score (nSPS) is 11.5. The quantitative estimate of drug-likeness (QED) is 0.354. The second kappa shape index (κ2) is 9.32. The number of alkyl halides is 3. The molecule has 0 fully saturated rings. The van der Waals surface area contributed by atoms with Crippen LogP contribution in [0.1, 0.15) is 22.2 Å². The lowest BCUT2D eigenvalue weighted by molar-refractivity contribution is -0.137. The van der Waals surface area contributed by atoms with Gasteiger partial charge in [-0.3, -0.25) is 9.59 Å². The maximum Gasteiger partial charge on any atom is 0.418 e. The summed E-state index contributed by atoms with van der Waals surface area (Å²) in [5.41, 5.74) is -0.399. The Morgan fingerprint density at radius 1 is 1.00 bits per heavy atom. The van der Waals surface area contributed by atoms with Gasteiger partial charge in [-0.25, -0.2) is 4.98 Å². The van der Waals surface area contributed by atoms with Crippen LogP contribution in [0.4, 0.5) is 18.9 Å². The molecule has 5 nitrogen and oxygen atoms in total. The van der Waals surface area contributed by atoms with Crippen LogP contribution in [0.3, 0.4) is 0 Å². The number of rotatable bonds is 6. The summed E-state index contributed by atoms with van der Waals surface area (Å²) >= 11 is 2.79. The molecule has 10 heteroatoms. The lowest BCUT2D eigenvalue weighted by Crippen LogP contribution is -2.37. The molecular weight excluding hydrogens is 471 g/mol. The van der Waals surface area contributed by atoms with Crippen molar-refractivity contribution in [3.05, 3.63) is 71.1 Å². The Morgan fingerprint density at radius 3 is 2.45 bits per heavy atom. The second-order valence-corrected chi connectivity index (χ2v) is 9.18. The number of halogens is 3. The van der Waals surface area contributed by atoms with Crippen molar-refractivity contribution in [2.75, 3.05) is 18.4 Å². The Bertz CT molecular complexity index is 1280. The summed E-state index contributed by atoms with van der Waals surface area (Å²) in [6.45, 7) is 1.56. The van der Waals surface area contributed by atoms with Gasteiger partial charge in [-0.1, -0.05) is 24.3 Å². The highest BCUT2D eigenvalue weighted by molar-refractivity contribution is 7.26. The number of benzene rings is 2. The maximum absolute atomic E-state index is 13.2. The first-order chi connectivity index (χ1) is 15.8. The van der Waals surface area contributed by atoms with Crippen molar-refractivity contribution in [2.45, 2.75) is 13.1 Å². The van der Waals surface area contributed by atoms with E-state index in [1.807, 2.05) is 30.3 Å². The number of amides is 2. The number of anilines is 1. The minimum absolute atomic E-state index is 0.224. The van der Waals surface area contributed by atoms with Gasteiger partial charge in [0.1, 0.15) is 11.6 Å².